The van der Waals surface area contributed by atoms with Crippen molar-refractivity contribution < 1.29 is 23.5 Å². The van der Waals surface area contributed by atoms with Gasteiger partial charge in [0.25, 0.3) is 17.7 Å². The lowest BCUT2D eigenvalue weighted by Crippen LogP contribution is -2.29. The average molecular weight is 377 g/mol. The normalized spacial score (nSPS) is 13.0. The number of carbonyl (C=O) groups excluding carboxylic acids is 3. The van der Waals surface area contributed by atoms with Gasteiger partial charge in [-0.15, -0.1) is 10.2 Å². The largest absolute Gasteiger partial charge is 0.452 e. The zero-order chi connectivity index (χ0) is 19.7. The first kappa shape index (κ1) is 17.6. The molecule has 8 heteroatoms. The van der Waals surface area contributed by atoms with E-state index in [0.717, 1.165) is 4.90 Å². The highest BCUT2D eigenvalue weighted by molar-refractivity contribution is 6.21. The van der Waals surface area contributed by atoms with Crippen molar-refractivity contribution in [1.29, 1.82) is 0 Å². The van der Waals surface area contributed by atoms with Gasteiger partial charge in [-0.25, -0.2) is 4.79 Å². The molecule has 2 aromatic carbocycles. The third kappa shape index (κ3) is 3.27. The maximum atomic E-state index is 12.5. The predicted octanol–water partition coefficient (Wildman–Crippen LogP) is 2.53. The third-order valence-electron chi connectivity index (χ3n) is 4.28. The molecule has 2 amide bonds. The first-order valence-corrected chi connectivity index (χ1v) is 8.53. The second kappa shape index (κ2) is 7.07. The van der Waals surface area contributed by atoms with Crippen LogP contribution in [0.2, 0.25) is 0 Å². The van der Waals surface area contributed by atoms with Crippen LogP contribution >= 0.6 is 0 Å². The lowest BCUT2D eigenvalue weighted by Gasteiger charge is -2.14. The van der Waals surface area contributed by atoms with Gasteiger partial charge in [0.1, 0.15) is 0 Å². The molecule has 140 valence electrons. The SMILES string of the molecule is Cc1nnc(COC(=O)c2cccc(CN3C(=O)c4ccccc4C3=O)c2)o1. The Labute approximate surface area is 159 Å². The van der Waals surface area contributed by atoms with Gasteiger partial charge in [0, 0.05) is 6.92 Å². The van der Waals surface area contributed by atoms with E-state index in [4.69, 9.17) is 9.15 Å². The summed E-state index contributed by atoms with van der Waals surface area (Å²) in [4.78, 5) is 38.4. The summed E-state index contributed by atoms with van der Waals surface area (Å²) in [5.41, 5.74) is 1.71. The highest BCUT2D eigenvalue weighted by atomic mass is 16.5. The van der Waals surface area contributed by atoms with E-state index in [-0.39, 0.29) is 30.9 Å². The van der Waals surface area contributed by atoms with Gasteiger partial charge >= 0.3 is 5.97 Å². The van der Waals surface area contributed by atoms with Gasteiger partial charge in [-0.3, -0.25) is 14.5 Å². The van der Waals surface area contributed by atoms with Crippen LogP contribution in [0, 0.1) is 6.92 Å². The van der Waals surface area contributed by atoms with E-state index in [0.29, 0.717) is 28.1 Å². The standard InChI is InChI=1S/C20H15N3O5/c1-12-21-22-17(28-12)11-27-20(26)14-6-4-5-13(9-14)10-23-18(24)15-7-2-3-8-16(15)19(23)25/h2-9H,10-11H2,1H3. The van der Waals surface area contributed by atoms with E-state index in [1.54, 1.807) is 55.5 Å². The van der Waals surface area contributed by atoms with Crippen molar-refractivity contribution >= 4 is 17.8 Å². The quantitative estimate of drug-likeness (QED) is 0.497. The minimum atomic E-state index is -0.569. The molecule has 0 saturated heterocycles. The fourth-order valence-electron chi connectivity index (χ4n) is 2.97. The first-order valence-electron chi connectivity index (χ1n) is 8.53. The fourth-order valence-corrected chi connectivity index (χ4v) is 2.97. The van der Waals surface area contributed by atoms with E-state index < -0.39 is 5.97 Å². The van der Waals surface area contributed by atoms with Crippen molar-refractivity contribution in [1.82, 2.24) is 15.1 Å². The number of hydrogen-bond acceptors (Lipinski definition) is 7. The Bertz CT molecular complexity index is 1050. The number of aromatic nitrogens is 2. The molecule has 0 saturated carbocycles. The summed E-state index contributed by atoms with van der Waals surface area (Å²) < 4.78 is 10.3. The van der Waals surface area contributed by atoms with Gasteiger partial charge < -0.3 is 9.15 Å². The van der Waals surface area contributed by atoms with E-state index in [1.807, 2.05) is 0 Å². The number of nitrogens with zero attached hydrogens (tertiary/aromatic N) is 3. The number of ether oxygens (including phenoxy) is 1. The molecule has 0 bridgehead atoms. The Kier molecular flexibility index (Phi) is 4.44. The number of esters is 1. The molecule has 0 unspecified atom stereocenters. The van der Waals surface area contributed by atoms with Crippen molar-refractivity contribution in [2.75, 3.05) is 0 Å². The molecule has 0 N–H and O–H groups in total. The third-order valence-corrected chi connectivity index (χ3v) is 4.28. The molecule has 0 radical (unpaired) electrons. The van der Waals surface area contributed by atoms with Crippen LogP contribution in [0.25, 0.3) is 0 Å². The van der Waals surface area contributed by atoms with Gasteiger partial charge in [0.05, 0.1) is 23.2 Å². The lowest BCUT2D eigenvalue weighted by atomic mass is 10.1. The topological polar surface area (TPSA) is 103 Å². The number of fused-ring (bicyclic) bond motifs is 1. The fraction of sp³-hybridized carbons (Fsp3) is 0.150. The molecule has 0 aliphatic carbocycles. The monoisotopic (exact) mass is 377 g/mol. The van der Waals surface area contributed by atoms with Crippen LogP contribution in [-0.2, 0) is 17.9 Å². The summed E-state index contributed by atoms with van der Waals surface area (Å²) >= 11 is 0. The van der Waals surface area contributed by atoms with Gasteiger partial charge in [0.15, 0.2) is 6.61 Å². The van der Waals surface area contributed by atoms with Gasteiger partial charge in [0.2, 0.25) is 5.89 Å². The van der Waals surface area contributed by atoms with Crippen LogP contribution in [-0.4, -0.2) is 32.9 Å². The molecule has 0 spiro atoms. The number of hydrogen-bond donors (Lipinski definition) is 0. The molecule has 2 heterocycles. The maximum absolute atomic E-state index is 12.5. The molecule has 0 atom stereocenters. The van der Waals surface area contributed by atoms with E-state index in [2.05, 4.69) is 10.2 Å². The number of rotatable bonds is 5. The van der Waals surface area contributed by atoms with Crippen molar-refractivity contribution in [3.8, 4) is 0 Å². The van der Waals surface area contributed by atoms with Crippen LogP contribution in [0.1, 0.15) is 48.4 Å². The Balaban J connectivity index is 1.46. The summed E-state index contributed by atoms with van der Waals surface area (Å²) in [7, 11) is 0. The molecule has 1 aromatic heterocycles. The summed E-state index contributed by atoms with van der Waals surface area (Å²) in [6.45, 7) is 1.57. The molecular weight excluding hydrogens is 362 g/mol. The summed E-state index contributed by atoms with van der Waals surface area (Å²) in [6.07, 6.45) is 0. The maximum Gasteiger partial charge on any atom is 0.338 e. The predicted molar refractivity (Wildman–Crippen MR) is 95.2 cm³/mol. The summed E-state index contributed by atoms with van der Waals surface area (Å²) in [5.74, 6) is -0.678. The minimum absolute atomic E-state index is 0.0658. The van der Waals surface area contributed by atoms with Crippen LogP contribution in [0.4, 0.5) is 0 Å². The second-order valence-electron chi connectivity index (χ2n) is 6.23. The van der Waals surface area contributed by atoms with Crippen molar-refractivity contribution in [3.05, 3.63) is 82.6 Å². The number of benzene rings is 2. The van der Waals surface area contributed by atoms with E-state index in [1.165, 1.54) is 0 Å². The van der Waals surface area contributed by atoms with E-state index >= 15 is 0 Å². The smallest absolute Gasteiger partial charge is 0.338 e. The second-order valence-corrected chi connectivity index (χ2v) is 6.23. The molecule has 1 aliphatic heterocycles. The van der Waals surface area contributed by atoms with Crippen molar-refractivity contribution in [2.45, 2.75) is 20.1 Å². The van der Waals surface area contributed by atoms with E-state index in [9.17, 15) is 14.4 Å². The molecule has 1 aliphatic rings. The van der Waals surface area contributed by atoms with Gasteiger partial charge in [-0.2, -0.15) is 0 Å². The minimum Gasteiger partial charge on any atom is -0.452 e. The van der Waals surface area contributed by atoms with Crippen molar-refractivity contribution in [2.24, 2.45) is 0 Å². The highest BCUT2D eigenvalue weighted by Gasteiger charge is 2.35. The van der Waals surface area contributed by atoms with Gasteiger partial charge in [-0.1, -0.05) is 24.3 Å². The molecular formula is C20H15N3O5. The molecule has 28 heavy (non-hydrogen) atoms. The number of carbonyl (C=O) groups is 3. The Morgan fingerprint density at radius 3 is 2.39 bits per heavy atom. The lowest BCUT2D eigenvalue weighted by molar-refractivity contribution is 0.0436. The zero-order valence-corrected chi connectivity index (χ0v) is 14.9. The van der Waals surface area contributed by atoms with Crippen LogP contribution < -0.4 is 0 Å². The highest BCUT2D eigenvalue weighted by Crippen LogP contribution is 2.24. The van der Waals surface area contributed by atoms with Crippen molar-refractivity contribution in [3.63, 3.8) is 0 Å². The van der Waals surface area contributed by atoms with Crippen LogP contribution in [0.15, 0.2) is 52.9 Å². The molecule has 8 nitrogen and oxygen atoms in total. The number of amides is 2. The summed E-state index contributed by atoms with van der Waals surface area (Å²) in [6, 6.07) is 13.3. The van der Waals surface area contributed by atoms with Crippen LogP contribution in [0.3, 0.4) is 0 Å². The Hall–Kier alpha value is -3.81. The first-order chi connectivity index (χ1) is 13.5. The Morgan fingerprint density at radius 1 is 1.04 bits per heavy atom. The molecule has 3 aromatic rings. The zero-order valence-electron chi connectivity index (χ0n) is 14.9. The Morgan fingerprint density at radius 2 is 1.75 bits per heavy atom. The average Bonchev–Trinajstić information content (AvgIpc) is 3.23. The van der Waals surface area contributed by atoms with Gasteiger partial charge in [-0.05, 0) is 29.8 Å². The number of imide groups is 1. The number of aryl methyl sites for hydroxylation is 1. The molecule has 4 rings (SSSR count). The molecule has 0 fully saturated rings. The van der Waals surface area contributed by atoms with Crippen LogP contribution in [0.5, 0.6) is 0 Å². The summed E-state index contributed by atoms with van der Waals surface area (Å²) in [5, 5.41) is 7.42.